The molecule has 1 amide bonds. The molecule has 0 radical (unpaired) electrons. The fourth-order valence-corrected chi connectivity index (χ4v) is 12.4. The molecular formula is C77H151NO3. The minimum absolute atomic E-state index is 0.0531. The van der Waals surface area contributed by atoms with Gasteiger partial charge in [0.2, 0.25) is 5.91 Å². The smallest absolute Gasteiger partial charge is 0.220 e. The van der Waals surface area contributed by atoms with Gasteiger partial charge in [0.1, 0.15) is 0 Å². The minimum Gasteiger partial charge on any atom is -0.394 e. The van der Waals surface area contributed by atoms with Crippen LogP contribution < -0.4 is 5.32 Å². The molecule has 482 valence electrons. The van der Waals surface area contributed by atoms with E-state index in [1.807, 2.05) is 6.08 Å². The monoisotopic (exact) mass is 1140 g/mol. The molecule has 0 saturated carbocycles. The average molecular weight is 1140 g/mol. The average Bonchev–Trinajstić information content (AvgIpc) is 3.47. The number of allylic oxidation sites excluding steroid dienone is 3. The van der Waals surface area contributed by atoms with Crippen molar-refractivity contribution in [3.8, 4) is 0 Å². The molecular weight excluding hydrogens is 987 g/mol. The Hall–Kier alpha value is -1.13. The number of aliphatic hydroxyl groups is 2. The third-order valence-electron chi connectivity index (χ3n) is 18.2. The highest BCUT2D eigenvalue weighted by molar-refractivity contribution is 5.76. The number of nitrogens with one attached hydrogen (secondary N) is 1. The Morgan fingerprint density at radius 3 is 0.679 bits per heavy atom. The molecule has 0 spiro atoms. The Balaban J connectivity index is 3.38. The normalized spacial score (nSPS) is 12.7. The predicted octanol–water partition coefficient (Wildman–Crippen LogP) is 26.1. The van der Waals surface area contributed by atoms with E-state index in [4.69, 9.17) is 0 Å². The summed E-state index contributed by atoms with van der Waals surface area (Å²) in [6, 6.07) is -0.621. The van der Waals surface area contributed by atoms with Crippen LogP contribution in [0.25, 0.3) is 0 Å². The van der Waals surface area contributed by atoms with Crippen LogP contribution in [0.1, 0.15) is 444 Å². The largest absolute Gasteiger partial charge is 0.394 e. The lowest BCUT2D eigenvalue weighted by atomic mass is 10.0. The molecule has 2 atom stereocenters. The van der Waals surface area contributed by atoms with Crippen LogP contribution in [0.3, 0.4) is 0 Å². The summed E-state index contributed by atoms with van der Waals surface area (Å²) in [6.07, 6.45) is 100. The fraction of sp³-hybridized carbons (Fsp3) is 0.935. The minimum atomic E-state index is -0.838. The SMILES string of the molecule is CCCCCCCCCC/C=C\CCCCCCCCCCCCCCCCCCCCCCCCCCCCCC(=O)NC(CO)C(O)/C=C/CCCCCCCCCCCCCCCCCCCCCCCCCCCCCC. The number of hydrogen-bond acceptors (Lipinski definition) is 3. The second-order valence-corrected chi connectivity index (χ2v) is 26.4. The highest BCUT2D eigenvalue weighted by atomic mass is 16.3. The van der Waals surface area contributed by atoms with Gasteiger partial charge in [0.25, 0.3) is 0 Å². The first-order chi connectivity index (χ1) is 40.2. The molecule has 0 fully saturated rings. The van der Waals surface area contributed by atoms with Gasteiger partial charge in [-0.25, -0.2) is 0 Å². The van der Waals surface area contributed by atoms with E-state index in [2.05, 4.69) is 31.3 Å². The van der Waals surface area contributed by atoms with Gasteiger partial charge in [0.15, 0.2) is 0 Å². The van der Waals surface area contributed by atoms with Crippen LogP contribution in [0.4, 0.5) is 0 Å². The molecule has 2 unspecified atom stereocenters. The van der Waals surface area contributed by atoms with E-state index in [0.717, 1.165) is 25.7 Å². The third-order valence-corrected chi connectivity index (χ3v) is 18.2. The summed E-state index contributed by atoms with van der Waals surface area (Å²) in [4.78, 5) is 12.6. The fourth-order valence-electron chi connectivity index (χ4n) is 12.4. The van der Waals surface area contributed by atoms with Crippen molar-refractivity contribution in [2.45, 2.75) is 456 Å². The van der Waals surface area contributed by atoms with Crippen LogP contribution in [0.15, 0.2) is 24.3 Å². The quantitative estimate of drug-likeness (QED) is 0.0420. The molecule has 0 aliphatic carbocycles. The van der Waals surface area contributed by atoms with E-state index >= 15 is 0 Å². The van der Waals surface area contributed by atoms with E-state index in [-0.39, 0.29) is 12.5 Å². The summed E-state index contributed by atoms with van der Waals surface area (Å²) in [5.74, 6) is -0.0531. The Kier molecular flexibility index (Phi) is 72.1. The van der Waals surface area contributed by atoms with Gasteiger partial charge in [0, 0.05) is 6.42 Å². The zero-order valence-electron chi connectivity index (χ0n) is 55.9. The number of aliphatic hydroxyl groups excluding tert-OH is 2. The van der Waals surface area contributed by atoms with Crippen molar-refractivity contribution in [3.05, 3.63) is 24.3 Å². The molecule has 0 saturated heterocycles. The van der Waals surface area contributed by atoms with Crippen LogP contribution in [0.5, 0.6) is 0 Å². The van der Waals surface area contributed by atoms with Crippen LogP contribution in [-0.2, 0) is 4.79 Å². The van der Waals surface area contributed by atoms with Crippen molar-refractivity contribution in [1.29, 1.82) is 0 Å². The number of unbranched alkanes of at least 4 members (excludes halogenated alkanes) is 63. The summed E-state index contributed by atoms with van der Waals surface area (Å²) in [7, 11) is 0. The maximum Gasteiger partial charge on any atom is 0.220 e. The number of rotatable bonds is 72. The maximum absolute atomic E-state index is 12.6. The summed E-state index contributed by atoms with van der Waals surface area (Å²) in [5, 5.41) is 23.3. The Morgan fingerprint density at radius 1 is 0.284 bits per heavy atom. The first-order valence-corrected chi connectivity index (χ1v) is 38.1. The second kappa shape index (κ2) is 73.1. The molecule has 0 heterocycles. The first kappa shape index (κ1) is 79.9. The van der Waals surface area contributed by atoms with Gasteiger partial charge < -0.3 is 15.5 Å². The van der Waals surface area contributed by atoms with E-state index in [1.54, 1.807) is 6.08 Å². The first-order valence-electron chi connectivity index (χ1n) is 38.1. The van der Waals surface area contributed by atoms with Crippen molar-refractivity contribution in [1.82, 2.24) is 5.32 Å². The van der Waals surface area contributed by atoms with E-state index < -0.39 is 12.1 Å². The zero-order valence-corrected chi connectivity index (χ0v) is 55.9. The van der Waals surface area contributed by atoms with Crippen molar-refractivity contribution in [3.63, 3.8) is 0 Å². The van der Waals surface area contributed by atoms with Gasteiger partial charge in [-0.2, -0.15) is 0 Å². The van der Waals surface area contributed by atoms with Gasteiger partial charge in [-0.05, 0) is 44.9 Å². The van der Waals surface area contributed by atoms with Crippen LogP contribution in [0.2, 0.25) is 0 Å². The molecule has 4 nitrogen and oxygen atoms in total. The molecule has 3 N–H and O–H groups in total. The summed E-state index contributed by atoms with van der Waals surface area (Å²) >= 11 is 0. The van der Waals surface area contributed by atoms with E-state index in [1.165, 1.54) is 398 Å². The van der Waals surface area contributed by atoms with Crippen molar-refractivity contribution in [2.75, 3.05) is 6.61 Å². The van der Waals surface area contributed by atoms with E-state index in [9.17, 15) is 15.0 Å². The number of carbonyl (C=O) groups excluding carboxylic acids is 1. The predicted molar refractivity (Wildman–Crippen MR) is 364 cm³/mol. The number of hydrogen-bond donors (Lipinski definition) is 3. The molecule has 0 aromatic carbocycles. The molecule has 4 heteroatoms. The Morgan fingerprint density at radius 2 is 0.469 bits per heavy atom. The van der Waals surface area contributed by atoms with E-state index in [0.29, 0.717) is 6.42 Å². The van der Waals surface area contributed by atoms with Crippen molar-refractivity contribution >= 4 is 5.91 Å². The Bertz CT molecular complexity index is 1200. The van der Waals surface area contributed by atoms with Crippen molar-refractivity contribution < 1.29 is 15.0 Å². The highest BCUT2D eigenvalue weighted by Crippen LogP contribution is 2.20. The van der Waals surface area contributed by atoms with Crippen LogP contribution in [0, 0.1) is 0 Å². The Labute approximate surface area is 510 Å². The maximum atomic E-state index is 12.6. The molecule has 0 aliphatic heterocycles. The molecule has 0 aliphatic rings. The summed E-state index contributed by atoms with van der Waals surface area (Å²) < 4.78 is 0. The molecule has 0 bridgehead atoms. The lowest BCUT2D eigenvalue weighted by Crippen LogP contribution is -2.45. The summed E-state index contributed by atoms with van der Waals surface area (Å²) in [6.45, 7) is 4.37. The lowest BCUT2D eigenvalue weighted by molar-refractivity contribution is -0.123. The summed E-state index contributed by atoms with van der Waals surface area (Å²) in [5.41, 5.74) is 0. The number of amides is 1. The van der Waals surface area contributed by atoms with Gasteiger partial charge in [0.05, 0.1) is 18.8 Å². The topological polar surface area (TPSA) is 69.6 Å². The van der Waals surface area contributed by atoms with Crippen LogP contribution >= 0.6 is 0 Å². The molecule has 0 rings (SSSR count). The molecule has 0 aromatic heterocycles. The van der Waals surface area contributed by atoms with Gasteiger partial charge >= 0.3 is 0 Å². The highest BCUT2D eigenvalue weighted by Gasteiger charge is 2.18. The van der Waals surface area contributed by atoms with Gasteiger partial charge in [-0.15, -0.1) is 0 Å². The van der Waals surface area contributed by atoms with Gasteiger partial charge in [-0.1, -0.05) is 417 Å². The standard InChI is InChI=1S/C77H151NO3/c1-3-5-7-9-11-13-15-17-19-21-23-25-27-29-31-33-35-36-37-38-39-40-41-42-43-45-47-49-51-53-55-57-59-61-63-65-67-69-71-73-77(81)78-75(74-79)76(80)72-70-68-66-64-62-60-58-56-54-52-50-48-46-44-34-32-30-28-26-24-22-20-18-16-14-12-10-8-6-4-2/h21,23,70,72,75-76,79-80H,3-20,22,24-69,71,73-74H2,1-2H3,(H,78,81)/b23-21-,72-70+. The lowest BCUT2D eigenvalue weighted by Gasteiger charge is -2.20. The second-order valence-electron chi connectivity index (χ2n) is 26.4. The zero-order chi connectivity index (χ0) is 58.4. The molecule has 81 heavy (non-hydrogen) atoms. The molecule has 0 aromatic rings. The third kappa shape index (κ3) is 69.5. The van der Waals surface area contributed by atoms with Gasteiger partial charge in [-0.3, -0.25) is 4.79 Å². The number of carbonyl (C=O) groups is 1. The van der Waals surface area contributed by atoms with Crippen molar-refractivity contribution in [2.24, 2.45) is 0 Å². The van der Waals surface area contributed by atoms with Crippen LogP contribution in [-0.4, -0.2) is 34.9 Å².